The number of anilines is 1. The van der Waals surface area contributed by atoms with Gasteiger partial charge in [0.05, 0.1) is 13.3 Å². The lowest BCUT2D eigenvalue weighted by atomic mass is 10.2. The van der Waals surface area contributed by atoms with E-state index in [2.05, 4.69) is 15.8 Å². The van der Waals surface area contributed by atoms with Crippen molar-refractivity contribution in [1.29, 1.82) is 0 Å². The maximum Gasteiger partial charge on any atom is 0.329 e. The number of hydrazone groups is 1. The van der Waals surface area contributed by atoms with E-state index in [9.17, 15) is 14.4 Å². The molecule has 2 aromatic rings. The summed E-state index contributed by atoms with van der Waals surface area (Å²) >= 11 is 0. The van der Waals surface area contributed by atoms with Crippen molar-refractivity contribution in [2.45, 2.75) is 12.8 Å². The van der Waals surface area contributed by atoms with Gasteiger partial charge >= 0.3 is 11.8 Å². The van der Waals surface area contributed by atoms with Crippen LogP contribution in [-0.2, 0) is 14.4 Å². The number of methoxy groups -OCH3 is 1. The van der Waals surface area contributed by atoms with Gasteiger partial charge in [0.1, 0.15) is 11.5 Å². The number of hydrogen-bond acceptors (Lipinski definition) is 6. The lowest BCUT2D eigenvalue weighted by molar-refractivity contribution is -0.136. The lowest BCUT2D eigenvalue weighted by Gasteiger charge is -2.15. The van der Waals surface area contributed by atoms with Crippen molar-refractivity contribution in [2.75, 3.05) is 32.1 Å². The number of nitrogens with one attached hydrogen (secondary N) is 2. The molecule has 162 valence electrons. The average Bonchev–Trinajstić information content (AvgIpc) is 3.34. The summed E-state index contributed by atoms with van der Waals surface area (Å²) in [6.07, 6.45) is 3.48. The first kappa shape index (κ1) is 21.8. The molecule has 1 aliphatic heterocycles. The van der Waals surface area contributed by atoms with E-state index >= 15 is 0 Å². The third-order valence-corrected chi connectivity index (χ3v) is 4.64. The number of amides is 3. The zero-order valence-electron chi connectivity index (χ0n) is 17.2. The first-order chi connectivity index (χ1) is 15.0. The van der Waals surface area contributed by atoms with Crippen LogP contribution in [0.4, 0.5) is 5.69 Å². The molecule has 1 aliphatic rings. The van der Waals surface area contributed by atoms with Crippen LogP contribution < -0.4 is 20.2 Å². The van der Waals surface area contributed by atoms with Crippen molar-refractivity contribution in [2.24, 2.45) is 5.10 Å². The summed E-state index contributed by atoms with van der Waals surface area (Å²) in [6.45, 7) is 1.59. The Kier molecular flexibility index (Phi) is 7.58. The minimum absolute atomic E-state index is 0.00675. The molecule has 0 saturated carbocycles. The standard InChI is InChI=1S/C22H24N4O5/c1-30-18-10-6-17(7-11-18)24-21(28)22(29)25-23-14-16-4-8-19(9-5-16)31-15-20(27)26-12-2-3-13-26/h4-11,14H,2-3,12-13,15H2,1H3,(H,24,28)(H,25,29)/b23-14-. The molecule has 0 aliphatic carbocycles. The zero-order chi connectivity index (χ0) is 22.1. The van der Waals surface area contributed by atoms with Crippen LogP contribution in [0.2, 0.25) is 0 Å². The quantitative estimate of drug-likeness (QED) is 0.400. The van der Waals surface area contributed by atoms with Crippen LogP contribution in [0.1, 0.15) is 18.4 Å². The van der Waals surface area contributed by atoms with E-state index < -0.39 is 11.8 Å². The Morgan fingerprint density at radius 3 is 2.26 bits per heavy atom. The van der Waals surface area contributed by atoms with E-state index in [0.717, 1.165) is 25.9 Å². The number of carbonyl (C=O) groups excluding carboxylic acids is 3. The van der Waals surface area contributed by atoms with Gasteiger partial charge in [0.15, 0.2) is 6.61 Å². The van der Waals surface area contributed by atoms with Crippen LogP contribution in [0, 0.1) is 0 Å². The highest BCUT2D eigenvalue weighted by atomic mass is 16.5. The number of rotatable bonds is 7. The molecule has 2 aromatic carbocycles. The highest BCUT2D eigenvalue weighted by molar-refractivity contribution is 6.39. The molecule has 0 atom stereocenters. The summed E-state index contributed by atoms with van der Waals surface area (Å²) in [5, 5.41) is 6.25. The lowest BCUT2D eigenvalue weighted by Crippen LogP contribution is -2.32. The van der Waals surface area contributed by atoms with Crippen molar-refractivity contribution in [3.8, 4) is 11.5 Å². The Bertz CT molecular complexity index is 935. The van der Waals surface area contributed by atoms with Crippen molar-refractivity contribution in [3.05, 3.63) is 54.1 Å². The molecule has 0 spiro atoms. The van der Waals surface area contributed by atoms with E-state index in [0.29, 0.717) is 22.7 Å². The van der Waals surface area contributed by atoms with Gasteiger partial charge in [0, 0.05) is 18.8 Å². The van der Waals surface area contributed by atoms with Crippen LogP contribution in [-0.4, -0.2) is 55.6 Å². The summed E-state index contributed by atoms with van der Waals surface area (Å²) < 4.78 is 10.5. The molecule has 1 saturated heterocycles. The second-order valence-corrected chi connectivity index (χ2v) is 6.83. The SMILES string of the molecule is COc1ccc(NC(=O)C(=O)N/N=C\c2ccc(OCC(=O)N3CCCC3)cc2)cc1. The van der Waals surface area contributed by atoms with Crippen molar-refractivity contribution < 1.29 is 23.9 Å². The highest BCUT2D eigenvalue weighted by Crippen LogP contribution is 2.15. The fourth-order valence-corrected chi connectivity index (χ4v) is 2.93. The van der Waals surface area contributed by atoms with E-state index in [4.69, 9.17) is 9.47 Å². The van der Waals surface area contributed by atoms with Crippen molar-refractivity contribution in [1.82, 2.24) is 10.3 Å². The third kappa shape index (κ3) is 6.56. The first-order valence-corrected chi connectivity index (χ1v) is 9.84. The van der Waals surface area contributed by atoms with E-state index in [1.54, 1.807) is 53.4 Å². The minimum Gasteiger partial charge on any atom is -0.497 e. The number of nitrogens with zero attached hydrogens (tertiary/aromatic N) is 2. The number of ether oxygens (including phenoxy) is 2. The summed E-state index contributed by atoms with van der Waals surface area (Å²) in [6, 6.07) is 13.4. The molecular formula is C22H24N4O5. The van der Waals surface area contributed by atoms with Crippen molar-refractivity contribution >= 4 is 29.6 Å². The second kappa shape index (κ2) is 10.8. The normalized spacial score (nSPS) is 13.1. The smallest absolute Gasteiger partial charge is 0.329 e. The maximum absolute atomic E-state index is 12.0. The Hall–Kier alpha value is -3.88. The largest absolute Gasteiger partial charge is 0.497 e. The number of likely N-dealkylation sites (tertiary alicyclic amines) is 1. The van der Waals surface area contributed by atoms with Crippen LogP contribution in [0.25, 0.3) is 0 Å². The molecular weight excluding hydrogens is 400 g/mol. The van der Waals surface area contributed by atoms with Gasteiger partial charge in [-0.15, -0.1) is 0 Å². The Labute approximate surface area is 180 Å². The monoisotopic (exact) mass is 424 g/mol. The first-order valence-electron chi connectivity index (χ1n) is 9.84. The Morgan fingerprint density at radius 2 is 1.61 bits per heavy atom. The van der Waals surface area contributed by atoms with Gasteiger partial charge < -0.3 is 19.7 Å². The topological polar surface area (TPSA) is 109 Å². The molecule has 2 N–H and O–H groups in total. The molecule has 0 radical (unpaired) electrons. The van der Waals surface area contributed by atoms with Crippen LogP contribution in [0.3, 0.4) is 0 Å². The van der Waals surface area contributed by atoms with E-state index in [-0.39, 0.29) is 12.5 Å². The highest BCUT2D eigenvalue weighted by Gasteiger charge is 2.18. The summed E-state index contributed by atoms with van der Waals surface area (Å²) in [5.41, 5.74) is 3.32. The van der Waals surface area contributed by atoms with Crippen LogP contribution >= 0.6 is 0 Å². The Balaban J connectivity index is 1.42. The van der Waals surface area contributed by atoms with Gasteiger partial charge in [-0.25, -0.2) is 5.43 Å². The Morgan fingerprint density at radius 1 is 0.968 bits per heavy atom. The molecule has 0 unspecified atom stereocenters. The molecule has 3 rings (SSSR count). The molecule has 3 amide bonds. The summed E-state index contributed by atoms with van der Waals surface area (Å²) in [7, 11) is 1.54. The molecule has 31 heavy (non-hydrogen) atoms. The van der Waals surface area contributed by atoms with Gasteiger partial charge in [0.25, 0.3) is 5.91 Å². The van der Waals surface area contributed by atoms with E-state index in [1.807, 2.05) is 0 Å². The molecule has 1 heterocycles. The zero-order valence-corrected chi connectivity index (χ0v) is 17.2. The predicted octanol–water partition coefficient (Wildman–Crippen LogP) is 1.79. The second-order valence-electron chi connectivity index (χ2n) is 6.83. The summed E-state index contributed by atoms with van der Waals surface area (Å²) in [4.78, 5) is 37.5. The fourth-order valence-electron chi connectivity index (χ4n) is 2.93. The maximum atomic E-state index is 12.0. The fraction of sp³-hybridized carbons (Fsp3) is 0.273. The van der Waals surface area contributed by atoms with Gasteiger partial charge in [-0.1, -0.05) is 0 Å². The number of carbonyl (C=O) groups is 3. The average molecular weight is 424 g/mol. The van der Waals surface area contributed by atoms with E-state index in [1.165, 1.54) is 13.3 Å². The third-order valence-electron chi connectivity index (χ3n) is 4.64. The number of benzene rings is 2. The molecule has 0 bridgehead atoms. The molecule has 9 nitrogen and oxygen atoms in total. The number of hydrogen-bond donors (Lipinski definition) is 2. The van der Waals surface area contributed by atoms with Crippen molar-refractivity contribution in [3.63, 3.8) is 0 Å². The molecule has 9 heteroatoms. The van der Waals surface area contributed by atoms with Crippen LogP contribution in [0.5, 0.6) is 11.5 Å². The predicted molar refractivity (Wildman–Crippen MR) is 115 cm³/mol. The molecule has 0 aromatic heterocycles. The van der Waals surface area contributed by atoms with Gasteiger partial charge in [-0.2, -0.15) is 5.10 Å². The van der Waals surface area contributed by atoms with Gasteiger partial charge in [0.2, 0.25) is 0 Å². The molecule has 1 fully saturated rings. The van der Waals surface area contributed by atoms with Gasteiger partial charge in [-0.05, 0) is 66.9 Å². The van der Waals surface area contributed by atoms with Gasteiger partial charge in [-0.3, -0.25) is 14.4 Å². The van der Waals surface area contributed by atoms with Crippen LogP contribution in [0.15, 0.2) is 53.6 Å². The summed E-state index contributed by atoms with van der Waals surface area (Å²) in [5.74, 6) is -0.547. The minimum atomic E-state index is -0.896.